The maximum atomic E-state index is 11.3. The summed E-state index contributed by atoms with van der Waals surface area (Å²) in [5.41, 5.74) is 3.08. The van der Waals surface area contributed by atoms with Crippen molar-refractivity contribution in [2.75, 3.05) is 50.7 Å². The van der Waals surface area contributed by atoms with E-state index in [1.165, 1.54) is 5.56 Å². The van der Waals surface area contributed by atoms with Crippen LogP contribution in [0.3, 0.4) is 0 Å². The Kier molecular flexibility index (Phi) is 9.79. The van der Waals surface area contributed by atoms with E-state index >= 15 is 0 Å². The number of nitrogens with zero attached hydrogens (tertiary/aromatic N) is 5. The molecule has 0 fully saturated rings. The number of benzene rings is 2. The van der Waals surface area contributed by atoms with E-state index in [9.17, 15) is 9.90 Å². The number of hydrogen-bond acceptors (Lipinski definition) is 8. The highest BCUT2D eigenvalue weighted by molar-refractivity contribution is 5.72. The molecule has 0 radical (unpaired) electrons. The van der Waals surface area contributed by atoms with E-state index in [4.69, 9.17) is 14.5 Å². The molecule has 0 amide bonds. The van der Waals surface area contributed by atoms with Crippen molar-refractivity contribution >= 4 is 17.9 Å². The smallest absolute Gasteiger partial charge is 0.333 e. The van der Waals surface area contributed by atoms with E-state index in [-0.39, 0.29) is 0 Å². The molecular weight excluding hydrogens is 470 g/mol. The summed E-state index contributed by atoms with van der Waals surface area (Å²) in [5.74, 6) is 1.98. The van der Waals surface area contributed by atoms with Crippen LogP contribution in [0, 0.1) is 0 Å². The lowest BCUT2D eigenvalue weighted by Crippen LogP contribution is -2.27. The highest BCUT2D eigenvalue weighted by Crippen LogP contribution is 2.23. The van der Waals surface area contributed by atoms with E-state index in [1.54, 1.807) is 6.92 Å². The van der Waals surface area contributed by atoms with Gasteiger partial charge in [-0.3, -0.25) is 0 Å². The highest BCUT2D eigenvalue weighted by atomic mass is 16.5. The number of aliphatic carboxylic acids is 1. The van der Waals surface area contributed by atoms with Crippen molar-refractivity contribution in [3.63, 3.8) is 0 Å². The third-order valence-corrected chi connectivity index (χ3v) is 5.87. The molecule has 0 spiro atoms. The maximum Gasteiger partial charge on any atom is 0.333 e. The van der Waals surface area contributed by atoms with Crippen LogP contribution in [0.5, 0.6) is 5.75 Å². The van der Waals surface area contributed by atoms with Gasteiger partial charge in [-0.2, -0.15) is 15.0 Å². The summed E-state index contributed by atoms with van der Waals surface area (Å²) in [5, 5.41) is 9.27. The first kappa shape index (κ1) is 27.9. The zero-order valence-electron chi connectivity index (χ0n) is 22.5. The Morgan fingerprint density at radius 2 is 1.59 bits per heavy atom. The lowest BCUT2D eigenvalue weighted by molar-refractivity contribution is -0.149. The largest absolute Gasteiger partial charge is 0.492 e. The van der Waals surface area contributed by atoms with Gasteiger partial charge < -0.3 is 24.4 Å². The number of ether oxygens (including phenoxy) is 2. The van der Waals surface area contributed by atoms with Gasteiger partial charge in [0.05, 0.1) is 6.54 Å². The first-order chi connectivity index (χ1) is 17.7. The fraction of sp³-hybridized carbons (Fsp3) is 0.429. The summed E-state index contributed by atoms with van der Waals surface area (Å²) < 4.78 is 11.2. The normalized spacial score (nSPS) is 11.9. The summed E-state index contributed by atoms with van der Waals surface area (Å²) >= 11 is 0. The van der Waals surface area contributed by atoms with Gasteiger partial charge in [0.2, 0.25) is 11.9 Å². The second-order valence-electron chi connectivity index (χ2n) is 9.33. The lowest BCUT2D eigenvalue weighted by atomic mass is 10.0. The molecule has 2 aromatic carbocycles. The van der Waals surface area contributed by atoms with Crippen LogP contribution < -0.4 is 14.5 Å². The molecule has 1 aromatic heterocycles. The van der Waals surface area contributed by atoms with Crippen molar-refractivity contribution in [2.24, 2.45) is 0 Å². The molecule has 1 unspecified atom stereocenters. The Morgan fingerprint density at radius 3 is 2.16 bits per heavy atom. The van der Waals surface area contributed by atoms with Crippen molar-refractivity contribution in [3.05, 3.63) is 59.7 Å². The number of carboxylic acid groups (broad SMARTS) is 1. The topological polar surface area (TPSA) is 101 Å². The minimum atomic E-state index is -0.961. The predicted molar refractivity (Wildman–Crippen MR) is 146 cm³/mol. The molecule has 9 heteroatoms. The second kappa shape index (κ2) is 13.0. The van der Waals surface area contributed by atoms with E-state index in [2.05, 4.69) is 35.9 Å². The molecule has 1 heterocycles. The molecule has 0 bridgehead atoms. The van der Waals surface area contributed by atoms with Gasteiger partial charge in [0.15, 0.2) is 11.9 Å². The first-order valence-corrected chi connectivity index (χ1v) is 12.5. The van der Waals surface area contributed by atoms with Crippen molar-refractivity contribution in [2.45, 2.75) is 39.2 Å². The van der Waals surface area contributed by atoms with Crippen LogP contribution in [-0.2, 0) is 16.0 Å². The molecule has 0 aliphatic carbocycles. The fourth-order valence-electron chi connectivity index (χ4n) is 3.63. The predicted octanol–water partition coefficient (Wildman–Crippen LogP) is 4.28. The van der Waals surface area contributed by atoms with Crippen LogP contribution in [-0.4, -0.2) is 73.0 Å². The fourth-order valence-corrected chi connectivity index (χ4v) is 3.63. The lowest BCUT2D eigenvalue weighted by Gasteiger charge is -2.20. The van der Waals surface area contributed by atoms with Crippen molar-refractivity contribution in [1.29, 1.82) is 0 Å². The van der Waals surface area contributed by atoms with E-state index < -0.39 is 12.1 Å². The van der Waals surface area contributed by atoms with Crippen molar-refractivity contribution < 1.29 is 19.4 Å². The number of carbonyl (C=O) groups is 1. The van der Waals surface area contributed by atoms with Crippen molar-refractivity contribution in [1.82, 2.24) is 15.0 Å². The minimum absolute atomic E-state index is 0.308. The molecule has 3 aromatic rings. The van der Waals surface area contributed by atoms with Crippen LogP contribution in [0.4, 0.5) is 11.9 Å². The molecule has 1 N–H and O–H groups in total. The number of carboxylic acids is 1. The number of rotatable bonds is 13. The van der Waals surface area contributed by atoms with Crippen LogP contribution in [0.2, 0.25) is 0 Å². The molecule has 198 valence electrons. The Bertz CT molecular complexity index is 1150. The van der Waals surface area contributed by atoms with E-state index in [0.717, 1.165) is 11.1 Å². The molecule has 3 rings (SSSR count). The SMILES string of the molecule is CCOC(Cc1ccc(OCCN(C)c2nc(-c3ccc(C(C)C)cc3)nc(N(C)C)n2)cc1)C(=O)O. The van der Waals surface area contributed by atoms with Crippen molar-refractivity contribution in [3.8, 4) is 17.1 Å². The standard InChI is InChI=1S/C28H37N5O4/c1-7-36-24(26(34)35)18-20-8-14-23(15-9-20)37-17-16-33(6)28-30-25(29-27(31-28)32(4)5)22-12-10-21(11-13-22)19(2)3/h8-15,19,24H,7,16-18H2,1-6H3,(H,34,35). The maximum absolute atomic E-state index is 11.3. The third-order valence-electron chi connectivity index (χ3n) is 5.87. The number of hydrogen-bond donors (Lipinski definition) is 1. The Labute approximate surface area is 219 Å². The van der Waals surface area contributed by atoms with Gasteiger partial charge in [0.1, 0.15) is 12.4 Å². The summed E-state index contributed by atoms with van der Waals surface area (Å²) in [6.07, 6.45) is -0.543. The average molecular weight is 508 g/mol. The quantitative estimate of drug-likeness (QED) is 0.363. The average Bonchev–Trinajstić information content (AvgIpc) is 2.89. The molecule has 0 saturated heterocycles. The molecule has 9 nitrogen and oxygen atoms in total. The van der Waals surface area contributed by atoms with Gasteiger partial charge in [0, 0.05) is 39.7 Å². The zero-order valence-corrected chi connectivity index (χ0v) is 22.5. The van der Waals surface area contributed by atoms with Crippen LogP contribution in [0.25, 0.3) is 11.4 Å². The Hall–Kier alpha value is -3.72. The molecule has 0 saturated carbocycles. The molecule has 37 heavy (non-hydrogen) atoms. The highest BCUT2D eigenvalue weighted by Gasteiger charge is 2.18. The second-order valence-corrected chi connectivity index (χ2v) is 9.33. The van der Waals surface area contributed by atoms with Gasteiger partial charge in [-0.15, -0.1) is 0 Å². The van der Waals surface area contributed by atoms with Gasteiger partial charge in [-0.1, -0.05) is 50.2 Å². The third kappa shape index (κ3) is 7.88. The van der Waals surface area contributed by atoms with Crippen LogP contribution in [0.15, 0.2) is 48.5 Å². The number of likely N-dealkylation sites (N-methyl/N-ethyl adjacent to an activating group) is 1. The summed E-state index contributed by atoms with van der Waals surface area (Å²) in [7, 11) is 5.74. The van der Waals surface area contributed by atoms with Gasteiger partial charge in [-0.25, -0.2) is 4.79 Å². The first-order valence-electron chi connectivity index (χ1n) is 12.5. The minimum Gasteiger partial charge on any atom is -0.492 e. The van der Waals surface area contributed by atoms with Gasteiger partial charge >= 0.3 is 5.97 Å². The van der Waals surface area contributed by atoms with Gasteiger partial charge in [-0.05, 0) is 36.1 Å². The van der Waals surface area contributed by atoms with Gasteiger partial charge in [0.25, 0.3) is 0 Å². The summed E-state index contributed by atoms with van der Waals surface area (Å²) in [4.78, 5) is 29.1. The van der Waals surface area contributed by atoms with Crippen LogP contribution in [0.1, 0.15) is 37.8 Å². The Balaban J connectivity index is 1.64. The van der Waals surface area contributed by atoms with E-state index in [1.807, 2.05) is 67.3 Å². The zero-order chi connectivity index (χ0) is 26.9. The van der Waals surface area contributed by atoms with E-state index in [0.29, 0.717) is 55.6 Å². The molecule has 0 aliphatic rings. The summed E-state index contributed by atoms with van der Waals surface area (Å²) in [6.45, 7) is 7.47. The van der Waals surface area contributed by atoms with Crippen LogP contribution >= 0.6 is 0 Å². The Morgan fingerprint density at radius 1 is 0.946 bits per heavy atom. The monoisotopic (exact) mass is 507 g/mol. The molecular formula is C28H37N5O4. The summed E-state index contributed by atoms with van der Waals surface area (Å²) in [6, 6.07) is 15.7. The molecule has 0 aliphatic heterocycles. The number of anilines is 2. The molecule has 1 atom stereocenters. The number of aromatic nitrogens is 3.